The van der Waals surface area contributed by atoms with Crippen molar-refractivity contribution in [2.75, 3.05) is 30.1 Å². The van der Waals surface area contributed by atoms with E-state index in [9.17, 15) is 9.59 Å². The fourth-order valence-electron chi connectivity index (χ4n) is 2.39. The molecule has 2 aromatic heterocycles. The quantitative estimate of drug-likeness (QED) is 0.351. The number of nitrogens with zero attached hydrogens (tertiary/aromatic N) is 2. The fourth-order valence-corrected chi connectivity index (χ4v) is 4.94. The molecule has 0 saturated heterocycles. The smallest absolute Gasteiger partial charge is 0.348 e. The number of thiophene rings is 1. The van der Waals surface area contributed by atoms with Crippen molar-refractivity contribution >= 4 is 62.1 Å². The minimum Gasteiger partial charge on any atom is -0.497 e. The first kappa shape index (κ1) is 22.1. The Morgan fingerprint density at radius 2 is 2.03 bits per heavy atom. The molecule has 2 heterocycles. The van der Waals surface area contributed by atoms with Crippen LogP contribution in [0.5, 0.6) is 5.75 Å². The van der Waals surface area contributed by atoms with Gasteiger partial charge in [-0.3, -0.25) is 4.79 Å². The van der Waals surface area contributed by atoms with E-state index < -0.39 is 0 Å². The summed E-state index contributed by atoms with van der Waals surface area (Å²) in [6.45, 7) is 3.88. The van der Waals surface area contributed by atoms with Gasteiger partial charge >= 0.3 is 5.97 Å². The topological polar surface area (TPSA) is 102 Å². The van der Waals surface area contributed by atoms with Crippen molar-refractivity contribution in [3.8, 4) is 5.75 Å². The Morgan fingerprint density at radius 1 is 1.20 bits per heavy atom. The van der Waals surface area contributed by atoms with E-state index in [2.05, 4.69) is 20.8 Å². The summed E-state index contributed by atoms with van der Waals surface area (Å²) in [4.78, 5) is 24.6. The molecule has 3 rings (SSSR count). The van der Waals surface area contributed by atoms with Gasteiger partial charge in [-0.25, -0.2) is 4.79 Å². The molecule has 11 heteroatoms. The molecule has 0 saturated carbocycles. The summed E-state index contributed by atoms with van der Waals surface area (Å²) in [5.41, 5.74) is 1.61. The summed E-state index contributed by atoms with van der Waals surface area (Å²) in [5.74, 6) is 0.360. The maximum absolute atomic E-state index is 12.3. The van der Waals surface area contributed by atoms with Crippen LogP contribution in [-0.4, -0.2) is 41.5 Å². The molecule has 0 atom stereocenters. The number of hydrogen-bond donors (Lipinski definition) is 2. The van der Waals surface area contributed by atoms with Crippen LogP contribution in [0.4, 0.5) is 15.8 Å². The molecule has 8 nitrogen and oxygen atoms in total. The van der Waals surface area contributed by atoms with Crippen LogP contribution in [0.15, 0.2) is 34.7 Å². The first-order valence-electron chi connectivity index (χ1n) is 8.93. The molecular formula is C19H20N4O4S3. The Hall–Kier alpha value is -2.63. The monoisotopic (exact) mass is 464 g/mol. The third-order valence-corrected chi connectivity index (χ3v) is 6.80. The van der Waals surface area contributed by atoms with E-state index in [-0.39, 0.29) is 17.6 Å². The van der Waals surface area contributed by atoms with Crippen molar-refractivity contribution in [1.82, 2.24) is 10.2 Å². The van der Waals surface area contributed by atoms with Gasteiger partial charge in [0.1, 0.15) is 10.6 Å². The van der Waals surface area contributed by atoms with Crippen molar-refractivity contribution in [1.29, 1.82) is 0 Å². The van der Waals surface area contributed by atoms with E-state index in [0.717, 1.165) is 17.0 Å². The first-order chi connectivity index (χ1) is 14.5. The Balaban J connectivity index is 1.52. The van der Waals surface area contributed by atoms with Crippen LogP contribution in [0.25, 0.3) is 0 Å². The molecule has 0 aliphatic carbocycles. The summed E-state index contributed by atoms with van der Waals surface area (Å²) in [6.07, 6.45) is 0. The van der Waals surface area contributed by atoms with Gasteiger partial charge in [-0.15, -0.1) is 21.5 Å². The maximum atomic E-state index is 12.3. The number of nitrogens with one attached hydrogen (secondary N) is 2. The SMILES string of the molecule is CCOC(=O)c1sc(NC(=O)CSc2nnc(Nc3cccc(OC)c3)s2)cc1C. The van der Waals surface area contributed by atoms with Gasteiger partial charge in [0.15, 0.2) is 4.34 Å². The lowest BCUT2D eigenvalue weighted by atomic mass is 10.3. The number of thioether (sulfide) groups is 1. The zero-order chi connectivity index (χ0) is 21.5. The lowest BCUT2D eigenvalue weighted by Gasteiger charge is -2.04. The van der Waals surface area contributed by atoms with E-state index in [1.807, 2.05) is 31.2 Å². The summed E-state index contributed by atoms with van der Waals surface area (Å²) < 4.78 is 10.9. The van der Waals surface area contributed by atoms with Crippen LogP contribution in [0.2, 0.25) is 0 Å². The number of benzene rings is 1. The predicted octanol–water partition coefficient (Wildman–Crippen LogP) is 4.57. The van der Waals surface area contributed by atoms with Crippen LogP contribution in [0.1, 0.15) is 22.2 Å². The second-order valence-electron chi connectivity index (χ2n) is 5.91. The van der Waals surface area contributed by atoms with E-state index in [0.29, 0.717) is 26.0 Å². The van der Waals surface area contributed by atoms with Gasteiger partial charge in [-0.2, -0.15) is 0 Å². The van der Waals surface area contributed by atoms with Gasteiger partial charge in [0, 0.05) is 11.8 Å². The number of rotatable bonds is 9. The number of methoxy groups -OCH3 is 1. The standard InChI is InChI=1S/C19H20N4O4S3/c1-4-27-17(25)16-11(2)8-15(29-16)21-14(24)10-28-19-23-22-18(30-19)20-12-6-5-7-13(9-12)26-3/h5-9H,4,10H2,1-3H3,(H,20,22)(H,21,24). The number of carbonyl (C=O) groups is 2. The molecule has 3 aromatic rings. The highest BCUT2D eigenvalue weighted by Gasteiger charge is 2.16. The normalized spacial score (nSPS) is 10.5. The molecule has 0 radical (unpaired) electrons. The lowest BCUT2D eigenvalue weighted by Crippen LogP contribution is -2.12. The van der Waals surface area contributed by atoms with Gasteiger partial charge in [0.25, 0.3) is 0 Å². The molecule has 1 aromatic carbocycles. The van der Waals surface area contributed by atoms with Crippen LogP contribution in [0.3, 0.4) is 0 Å². The van der Waals surface area contributed by atoms with Gasteiger partial charge < -0.3 is 20.1 Å². The largest absolute Gasteiger partial charge is 0.497 e. The van der Waals surface area contributed by atoms with Crippen molar-refractivity contribution in [3.05, 3.63) is 40.8 Å². The fraction of sp³-hybridized carbons (Fsp3) is 0.263. The van der Waals surface area contributed by atoms with Crippen molar-refractivity contribution < 1.29 is 19.1 Å². The summed E-state index contributed by atoms with van der Waals surface area (Å²) in [7, 11) is 1.61. The number of aryl methyl sites for hydroxylation is 1. The molecule has 0 bridgehead atoms. The number of anilines is 3. The average Bonchev–Trinajstić information content (AvgIpc) is 3.32. The molecule has 0 fully saturated rings. The number of amides is 1. The number of ether oxygens (including phenoxy) is 2. The molecule has 0 aliphatic heterocycles. The number of esters is 1. The second kappa shape index (κ2) is 10.4. The summed E-state index contributed by atoms with van der Waals surface area (Å²) in [6, 6.07) is 9.26. The molecule has 1 amide bonds. The van der Waals surface area contributed by atoms with Gasteiger partial charge in [0.05, 0.1) is 24.5 Å². The number of aromatic nitrogens is 2. The first-order valence-corrected chi connectivity index (χ1v) is 11.5. The number of hydrogen-bond acceptors (Lipinski definition) is 10. The van der Waals surface area contributed by atoms with Gasteiger partial charge in [-0.1, -0.05) is 29.2 Å². The lowest BCUT2D eigenvalue weighted by molar-refractivity contribution is -0.113. The summed E-state index contributed by atoms with van der Waals surface area (Å²) in [5, 5.41) is 15.4. The van der Waals surface area contributed by atoms with Crippen LogP contribution in [0, 0.1) is 6.92 Å². The Morgan fingerprint density at radius 3 is 2.80 bits per heavy atom. The van der Waals surface area contributed by atoms with Gasteiger partial charge in [-0.05, 0) is 37.6 Å². The minimum absolute atomic E-state index is 0.180. The van der Waals surface area contributed by atoms with Gasteiger partial charge in [0.2, 0.25) is 11.0 Å². The zero-order valence-corrected chi connectivity index (χ0v) is 19.0. The molecule has 0 unspecified atom stereocenters. The Kier molecular flexibility index (Phi) is 7.66. The predicted molar refractivity (Wildman–Crippen MR) is 121 cm³/mol. The molecule has 158 valence electrons. The molecule has 2 N–H and O–H groups in total. The van der Waals surface area contributed by atoms with E-state index in [1.54, 1.807) is 20.1 Å². The highest BCUT2D eigenvalue weighted by molar-refractivity contribution is 8.01. The van der Waals surface area contributed by atoms with Crippen LogP contribution in [-0.2, 0) is 9.53 Å². The Bertz CT molecular complexity index is 1030. The third kappa shape index (κ3) is 5.94. The summed E-state index contributed by atoms with van der Waals surface area (Å²) >= 11 is 3.85. The number of carbonyl (C=O) groups excluding carboxylic acids is 2. The van der Waals surface area contributed by atoms with E-state index in [1.165, 1.54) is 34.4 Å². The maximum Gasteiger partial charge on any atom is 0.348 e. The van der Waals surface area contributed by atoms with E-state index >= 15 is 0 Å². The van der Waals surface area contributed by atoms with Crippen molar-refractivity contribution in [2.24, 2.45) is 0 Å². The highest BCUT2D eigenvalue weighted by Crippen LogP contribution is 2.30. The molecule has 0 spiro atoms. The van der Waals surface area contributed by atoms with Crippen molar-refractivity contribution in [3.63, 3.8) is 0 Å². The zero-order valence-electron chi connectivity index (χ0n) is 16.6. The Labute approximate surface area is 186 Å². The molecule has 30 heavy (non-hydrogen) atoms. The minimum atomic E-state index is -0.375. The molecule has 0 aliphatic rings. The molecular weight excluding hydrogens is 444 g/mol. The van der Waals surface area contributed by atoms with Crippen molar-refractivity contribution in [2.45, 2.75) is 18.2 Å². The van der Waals surface area contributed by atoms with Crippen LogP contribution >= 0.6 is 34.4 Å². The highest BCUT2D eigenvalue weighted by atomic mass is 32.2. The van der Waals surface area contributed by atoms with Crippen LogP contribution < -0.4 is 15.4 Å². The third-order valence-electron chi connectivity index (χ3n) is 3.70. The van der Waals surface area contributed by atoms with E-state index in [4.69, 9.17) is 9.47 Å². The second-order valence-corrected chi connectivity index (χ2v) is 9.16. The average molecular weight is 465 g/mol.